The molecule has 2 amide bonds. The van der Waals surface area contributed by atoms with Crippen molar-refractivity contribution in [2.24, 2.45) is 0 Å². The molecule has 0 bridgehead atoms. The summed E-state index contributed by atoms with van der Waals surface area (Å²) >= 11 is 1.31. The first-order valence-electron chi connectivity index (χ1n) is 9.68. The summed E-state index contributed by atoms with van der Waals surface area (Å²) in [5.41, 5.74) is 0.757. The molecule has 0 spiro atoms. The molecule has 0 N–H and O–H groups in total. The van der Waals surface area contributed by atoms with Crippen molar-refractivity contribution in [3.05, 3.63) is 35.9 Å². The summed E-state index contributed by atoms with van der Waals surface area (Å²) < 4.78 is 31.9. The summed E-state index contributed by atoms with van der Waals surface area (Å²) in [5, 5.41) is 0. The average Bonchev–Trinajstić information content (AvgIpc) is 2.74. The van der Waals surface area contributed by atoms with E-state index in [1.807, 2.05) is 18.2 Å². The van der Waals surface area contributed by atoms with Crippen molar-refractivity contribution < 1.29 is 22.7 Å². The lowest BCUT2D eigenvalue weighted by molar-refractivity contribution is -0.132. The fourth-order valence-electron chi connectivity index (χ4n) is 3.31. The van der Waals surface area contributed by atoms with Crippen LogP contribution in [0.4, 0.5) is 0 Å². The molecular formula is C19H27N3O5S2. The van der Waals surface area contributed by atoms with Crippen molar-refractivity contribution in [3.63, 3.8) is 0 Å². The summed E-state index contributed by atoms with van der Waals surface area (Å²) in [6.07, 6.45) is 0. The minimum Gasteiger partial charge on any atom is -0.378 e. The number of carbonyl (C=O) groups is 2. The van der Waals surface area contributed by atoms with Crippen molar-refractivity contribution >= 4 is 33.6 Å². The number of benzene rings is 1. The van der Waals surface area contributed by atoms with Gasteiger partial charge in [0.2, 0.25) is 21.8 Å². The third kappa shape index (κ3) is 6.43. The van der Waals surface area contributed by atoms with E-state index in [9.17, 15) is 18.0 Å². The molecule has 2 aliphatic heterocycles. The van der Waals surface area contributed by atoms with Crippen LogP contribution in [-0.4, -0.2) is 98.3 Å². The number of piperazine rings is 1. The van der Waals surface area contributed by atoms with Crippen LogP contribution in [-0.2, 0) is 30.1 Å². The van der Waals surface area contributed by atoms with Crippen LogP contribution in [0.3, 0.4) is 0 Å². The summed E-state index contributed by atoms with van der Waals surface area (Å²) in [7, 11) is -3.40. The first-order valence-corrected chi connectivity index (χ1v) is 12.4. The maximum Gasteiger partial charge on any atom is 0.232 e. The van der Waals surface area contributed by atoms with Crippen molar-refractivity contribution in [2.75, 3.05) is 64.0 Å². The van der Waals surface area contributed by atoms with E-state index in [1.54, 1.807) is 21.9 Å². The largest absolute Gasteiger partial charge is 0.378 e. The van der Waals surface area contributed by atoms with Crippen LogP contribution in [0.15, 0.2) is 30.3 Å². The maximum absolute atomic E-state index is 12.6. The molecule has 2 aliphatic rings. The second-order valence-corrected chi connectivity index (χ2v) is 9.96. The number of morpholine rings is 1. The Kier molecular flexibility index (Phi) is 7.93. The van der Waals surface area contributed by atoms with E-state index in [2.05, 4.69) is 0 Å². The molecule has 29 heavy (non-hydrogen) atoms. The van der Waals surface area contributed by atoms with Crippen molar-refractivity contribution in [2.45, 2.75) is 5.75 Å². The van der Waals surface area contributed by atoms with Crippen LogP contribution in [0, 0.1) is 0 Å². The molecule has 0 unspecified atom stereocenters. The van der Waals surface area contributed by atoms with Crippen LogP contribution in [0.25, 0.3) is 0 Å². The van der Waals surface area contributed by atoms with Gasteiger partial charge in [-0.3, -0.25) is 9.59 Å². The number of hydrogen-bond donors (Lipinski definition) is 0. The lowest BCUT2D eigenvalue weighted by Gasteiger charge is -2.34. The normalized spacial score (nSPS) is 18.6. The van der Waals surface area contributed by atoms with Gasteiger partial charge in [-0.05, 0) is 5.56 Å². The van der Waals surface area contributed by atoms with Gasteiger partial charge in [-0.1, -0.05) is 30.3 Å². The van der Waals surface area contributed by atoms with Gasteiger partial charge < -0.3 is 14.5 Å². The molecule has 1 aromatic rings. The number of hydrogen-bond acceptors (Lipinski definition) is 6. The Hall–Kier alpha value is -1.62. The number of amides is 2. The SMILES string of the molecule is O=C(CSCC(=O)N1CCN(S(=O)(=O)Cc2ccccc2)CC1)N1CCOCC1. The monoisotopic (exact) mass is 441 g/mol. The number of nitrogens with zero attached hydrogens (tertiary/aromatic N) is 3. The molecular weight excluding hydrogens is 414 g/mol. The van der Waals surface area contributed by atoms with E-state index in [0.717, 1.165) is 5.56 Å². The minimum absolute atomic E-state index is 0.0265. The van der Waals surface area contributed by atoms with Gasteiger partial charge >= 0.3 is 0 Å². The van der Waals surface area contributed by atoms with E-state index >= 15 is 0 Å². The Balaban J connectivity index is 1.39. The Bertz CT molecular complexity index is 789. The minimum atomic E-state index is -3.40. The summed E-state index contributed by atoms with van der Waals surface area (Å²) in [5.74, 6) is 0.457. The summed E-state index contributed by atoms with van der Waals surface area (Å²) in [6, 6.07) is 9.10. The molecule has 0 aliphatic carbocycles. The molecule has 0 atom stereocenters. The Morgan fingerprint density at radius 3 is 2.00 bits per heavy atom. The zero-order chi connectivity index (χ0) is 20.7. The van der Waals surface area contributed by atoms with Crippen LogP contribution in [0.1, 0.15) is 5.56 Å². The molecule has 2 heterocycles. The van der Waals surface area contributed by atoms with Crippen molar-refractivity contribution in [1.82, 2.24) is 14.1 Å². The van der Waals surface area contributed by atoms with Crippen molar-refractivity contribution in [1.29, 1.82) is 0 Å². The van der Waals surface area contributed by atoms with Gasteiger partial charge in [0, 0.05) is 39.3 Å². The third-order valence-electron chi connectivity index (χ3n) is 4.99. The van der Waals surface area contributed by atoms with Gasteiger partial charge in [-0.25, -0.2) is 8.42 Å². The zero-order valence-corrected chi connectivity index (χ0v) is 18.0. The van der Waals surface area contributed by atoms with E-state index in [-0.39, 0.29) is 29.1 Å². The molecule has 160 valence electrons. The molecule has 10 heteroatoms. The van der Waals surface area contributed by atoms with Gasteiger partial charge in [0.25, 0.3) is 0 Å². The second-order valence-electron chi connectivity index (χ2n) is 7.01. The molecule has 0 aromatic heterocycles. The molecule has 0 saturated carbocycles. The number of rotatable bonds is 7. The number of sulfonamides is 1. The molecule has 1 aromatic carbocycles. The summed E-state index contributed by atoms with van der Waals surface area (Å²) in [6.45, 7) is 3.70. The predicted molar refractivity (Wildman–Crippen MR) is 112 cm³/mol. The molecule has 2 fully saturated rings. The van der Waals surface area contributed by atoms with E-state index in [1.165, 1.54) is 16.1 Å². The highest BCUT2D eigenvalue weighted by Crippen LogP contribution is 2.15. The number of ether oxygens (including phenoxy) is 1. The van der Waals surface area contributed by atoms with E-state index < -0.39 is 10.0 Å². The fourth-order valence-corrected chi connectivity index (χ4v) is 5.65. The van der Waals surface area contributed by atoms with Gasteiger partial charge in [-0.15, -0.1) is 11.8 Å². The molecule has 8 nitrogen and oxygen atoms in total. The third-order valence-corrected chi connectivity index (χ3v) is 7.74. The lowest BCUT2D eigenvalue weighted by atomic mass is 10.2. The van der Waals surface area contributed by atoms with Crippen LogP contribution in [0.5, 0.6) is 0 Å². The molecule has 2 saturated heterocycles. The van der Waals surface area contributed by atoms with Crippen LogP contribution >= 0.6 is 11.8 Å². The van der Waals surface area contributed by atoms with E-state index in [4.69, 9.17) is 4.74 Å². The van der Waals surface area contributed by atoms with Crippen molar-refractivity contribution in [3.8, 4) is 0 Å². The smallest absolute Gasteiger partial charge is 0.232 e. The van der Waals surface area contributed by atoms with Crippen LogP contribution in [0.2, 0.25) is 0 Å². The van der Waals surface area contributed by atoms with Gasteiger partial charge in [0.15, 0.2) is 0 Å². The number of thioether (sulfide) groups is 1. The fraction of sp³-hybridized carbons (Fsp3) is 0.579. The van der Waals surface area contributed by atoms with Gasteiger partial charge in [-0.2, -0.15) is 4.31 Å². The average molecular weight is 442 g/mol. The Morgan fingerprint density at radius 1 is 0.862 bits per heavy atom. The molecule has 0 radical (unpaired) electrons. The van der Waals surface area contributed by atoms with Gasteiger partial charge in [0.05, 0.1) is 30.5 Å². The predicted octanol–water partition coefficient (Wildman–Crippen LogP) is 0.253. The van der Waals surface area contributed by atoms with Gasteiger partial charge in [0.1, 0.15) is 0 Å². The highest BCUT2D eigenvalue weighted by atomic mass is 32.2. The zero-order valence-electron chi connectivity index (χ0n) is 16.4. The lowest BCUT2D eigenvalue weighted by Crippen LogP contribution is -2.51. The second kappa shape index (κ2) is 10.4. The van der Waals surface area contributed by atoms with E-state index in [0.29, 0.717) is 52.5 Å². The maximum atomic E-state index is 12.6. The standard InChI is InChI=1S/C19H27N3O5S2/c23-18(14-28-15-19(24)21-10-12-27-13-11-21)20-6-8-22(9-7-20)29(25,26)16-17-4-2-1-3-5-17/h1-5H,6-16H2. The number of carbonyl (C=O) groups excluding carboxylic acids is 2. The highest BCUT2D eigenvalue weighted by molar-refractivity contribution is 8.00. The Labute approximate surface area is 176 Å². The topological polar surface area (TPSA) is 87.2 Å². The van der Waals surface area contributed by atoms with Crippen LogP contribution < -0.4 is 0 Å². The Morgan fingerprint density at radius 2 is 1.41 bits per heavy atom. The molecule has 3 rings (SSSR count). The first kappa shape index (κ1) is 22.1. The quantitative estimate of drug-likeness (QED) is 0.603. The first-order chi connectivity index (χ1) is 14.0. The summed E-state index contributed by atoms with van der Waals surface area (Å²) in [4.78, 5) is 27.9. The highest BCUT2D eigenvalue weighted by Gasteiger charge is 2.29.